The van der Waals surface area contributed by atoms with Gasteiger partial charge >= 0.3 is 0 Å². The Bertz CT molecular complexity index is 608. The zero-order valence-corrected chi connectivity index (χ0v) is 14.5. The molecule has 21 heavy (non-hydrogen) atoms. The summed E-state index contributed by atoms with van der Waals surface area (Å²) >= 11 is 3.24. The van der Waals surface area contributed by atoms with Crippen LogP contribution in [0.15, 0.2) is 21.6 Å². The van der Waals surface area contributed by atoms with Crippen molar-refractivity contribution < 1.29 is 8.42 Å². The molecule has 1 aromatic rings. The summed E-state index contributed by atoms with van der Waals surface area (Å²) in [6, 6.07) is 1.46. The molecular formula is C13H21BrN4O2S. The highest BCUT2D eigenvalue weighted by molar-refractivity contribution is 9.10. The van der Waals surface area contributed by atoms with Gasteiger partial charge < -0.3 is 5.43 Å². The molecule has 1 saturated carbocycles. The van der Waals surface area contributed by atoms with Crippen LogP contribution in [0.25, 0.3) is 0 Å². The van der Waals surface area contributed by atoms with E-state index in [-0.39, 0.29) is 16.8 Å². The minimum Gasteiger partial charge on any atom is -0.307 e. The summed E-state index contributed by atoms with van der Waals surface area (Å²) in [7, 11) is -3.66. The molecule has 118 valence electrons. The first kappa shape index (κ1) is 16.7. The highest BCUT2D eigenvalue weighted by atomic mass is 79.9. The summed E-state index contributed by atoms with van der Waals surface area (Å²) in [5.41, 5.74) is 2.33. The molecule has 4 N–H and O–H groups in total. The summed E-state index contributed by atoms with van der Waals surface area (Å²) in [6.07, 6.45) is 4.50. The fourth-order valence-corrected chi connectivity index (χ4v) is 4.98. The van der Waals surface area contributed by atoms with Gasteiger partial charge in [0.15, 0.2) is 5.82 Å². The molecule has 0 amide bonds. The van der Waals surface area contributed by atoms with Crippen molar-refractivity contribution in [3.63, 3.8) is 0 Å². The van der Waals surface area contributed by atoms with E-state index >= 15 is 0 Å². The van der Waals surface area contributed by atoms with Crippen molar-refractivity contribution in [1.82, 2.24) is 9.71 Å². The number of sulfonamides is 1. The average molecular weight is 377 g/mol. The second-order valence-corrected chi connectivity index (χ2v) is 8.08. The molecule has 1 aromatic heterocycles. The second kappa shape index (κ2) is 6.60. The topological polar surface area (TPSA) is 97.1 Å². The minimum atomic E-state index is -3.66. The van der Waals surface area contributed by atoms with Crippen LogP contribution in [0.1, 0.15) is 33.1 Å². The number of nitrogens with zero attached hydrogens (tertiary/aromatic N) is 1. The third-order valence-corrected chi connectivity index (χ3v) is 6.24. The number of hydrogen-bond acceptors (Lipinski definition) is 5. The number of nitrogen functional groups attached to an aromatic ring is 1. The minimum absolute atomic E-state index is 0.0374. The van der Waals surface area contributed by atoms with Crippen LogP contribution in [0, 0.1) is 11.8 Å². The summed E-state index contributed by atoms with van der Waals surface area (Å²) < 4.78 is 28.6. The lowest BCUT2D eigenvalue weighted by Crippen LogP contribution is -2.38. The lowest BCUT2D eigenvalue weighted by molar-refractivity contribution is 0.368. The van der Waals surface area contributed by atoms with E-state index in [1.54, 1.807) is 0 Å². The summed E-state index contributed by atoms with van der Waals surface area (Å²) in [4.78, 5) is 4.05. The summed E-state index contributed by atoms with van der Waals surface area (Å²) in [6.45, 7) is 4.25. The van der Waals surface area contributed by atoms with Crippen LogP contribution in [-0.2, 0) is 10.0 Å². The number of hydrogen-bond donors (Lipinski definition) is 3. The van der Waals surface area contributed by atoms with Gasteiger partial charge in [0.25, 0.3) is 0 Å². The molecule has 3 unspecified atom stereocenters. The molecule has 0 spiro atoms. The SMILES string of the molecule is CCC1CCC(NS(=O)(=O)c2cc(Br)cnc2NN)C1C. The molecule has 1 aliphatic carbocycles. The number of halogens is 1. The van der Waals surface area contributed by atoms with Crippen LogP contribution in [0.3, 0.4) is 0 Å². The van der Waals surface area contributed by atoms with Crippen molar-refractivity contribution in [2.45, 2.75) is 44.0 Å². The van der Waals surface area contributed by atoms with Gasteiger partial charge in [-0.1, -0.05) is 20.3 Å². The first-order valence-electron chi connectivity index (χ1n) is 7.03. The van der Waals surface area contributed by atoms with E-state index in [2.05, 4.69) is 44.9 Å². The van der Waals surface area contributed by atoms with E-state index in [0.717, 1.165) is 19.3 Å². The van der Waals surface area contributed by atoms with Crippen LogP contribution in [0.5, 0.6) is 0 Å². The largest absolute Gasteiger partial charge is 0.307 e. The van der Waals surface area contributed by atoms with Crippen LogP contribution in [0.2, 0.25) is 0 Å². The number of anilines is 1. The monoisotopic (exact) mass is 376 g/mol. The van der Waals surface area contributed by atoms with E-state index in [1.165, 1.54) is 12.3 Å². The molecule has 2 rings (SSSR count). The lowest BCUT2D eigenvalue weighted by atomic mass is 9.94. The van der Waals surface area contributed by atoms with Crippen molar-refractivity contribution in [3.05, 3.63) is 16.7 Å². The normalized spacial score (nSPS) is 26.0. The lowest BCUT2D eigenvalue weighted by Gasteiger charge is -2.21. The Morgan fingerprint density at radius 1 is 1.48 bits per heavy atom. The molecule has 1 heterocycles. The van der Waals surface area contributed by atoms with Crippen molar-refractivity contribution in [2.75, 3.05) is 5.43 Å². The average Bonchev–Trinajstić information content (AvgIpc) is 2.79. The van der Waals surface area contributed by atoms with E-state index in [4.69, 9.17) is 5.84 Å². The maximum atomic E-state index is 12.6. The zero-order chi connectivity index (χ0) is 15.6. The van der Waals surface area contributed by atoms with Crippen molar-refractivity contribution in [2.24, 2.45) is 17.7 Å². The molecule has 0 aliphatic heterocycles. The standard InChI is InChI=1S/C13H21BrN4O2S/c1-3-9-4-5-11(8(9)2)18-21(19,20)12-6-10(14)7-16-13(12)17-15/h6-9,11,18H,3-5,15H2,1-2H3,(H,16,17). The Morgan fingerprint density at radius 2 is 2.19 bits per heavy atom. The third-order valence-electron chi connectivity index (χ3n) is 4.30. The van der Waals surface area contributed by atoms with Gasteiger partial charge in [-0.15, -0.1) is 0 Å². The number of aromatic nitrogens is 1. The smallest absolute Gasteiger partial charge is 0.244 e. The summed E-state index contributed by atoms with van der Waals surface area (Å²) in [5.74, 6) is 6.41. The molecule has 3 atom stereocenters. The Hall–Kier alpha value is -0.700. The predicted octanol–water partition coefficient (Wildman–Crippen LogP) is 2.23. The van der Waals surface area contributed by atoms with Crippen LogP contribution in [-0.4, -0.2) is 19.4 Å². The van der Waals surface area contributed by atoms with Gasteiger partial charge in [-0.05, 0) is 46.7 Å². The van der Waals surface area contributed by atoms with E-state index < -0.39 is 10.0 Å². The maximum Gasteiger partial charge on any atom is 0.244 e. The van der Waals surface area contributed by atoms with Crippen LogP contribution >= 0.6 is 15.9 Å². The number of hydrazine groups is 1. The summed E-state index contributed by atoms with van der Waals surface area (Å²) in [5, 5.41) is 0. The Labute approximate surface area is 134 Å². The highest BCUT2D eigenvalue weighted by Gasteiger charge is 2.35. The van der Waals surface area contributed by atoms with E-state index in [1.807, 2.05) is 0 Å². The van der Waals surface area contributed by atoms with Crippen LogP contribution < -0.4 is 16.0 Å². The third kappa shape index (κ3) is 3.56. The Morgan fingerprint density at radius 3 is 2.76 bits per heavy atom. The van der Waals surface area contributed by atoms with Gasteiger partial charge in [-0.2, -0.15) is 0 Å². The van der Waals surface area contributed by atoms with Gasteiger partial charge in [-0.3, -0.25) is 0 Å². The fourth-order valence-electron chi connectivity index (χ4n) is 2.99. The van der Waals surface area contributed by atoms with Crippen molar-refractivity contribution in [3.8, 4) is 0 Å². The highest BCUT2D eigenvalue weighted by Crippen LogP contribution is 2.35. The van der Waals surface area contributed by atoms with Gasteiger partial charge in [0, 0.05) is 16.7 Å². The molecule has 0 radical (unpaired) electrons. The number of pyridine rings is 1. The van der Waals surface area contributed by atoms with Crippen molar-refractivity contribution >= 4 is 31.8 Å². The van der Waals surface area contributed by atoms with E-state index in [0.29, 0.717) is 16.3 Å². The zero-order valence-electron chi connectivity index (χ0n) is 12.1. The molecule has 6 nitrogen and oxygen atoms in total. The van der Waals surface area contributed by atoms with Crippen molar-refractivity contribution in [1.29, 1.82) is 0 Å². The molecule has 0 saturated heterocycles. The molecule has 0 aromatic carbocycles. The van der Waals surface area contributed by atoms with Crippen LogP contribution in [0.4, 0.5) is 5.82 Å². The molecule has 8 heteroatoms. The fraction of sp³-hybridized carbons (Fsp3) is 0.615. The van der Waals surface area contributed by atoms with Gasteiger partial charge in [0.2, 0.25) is 10.0 Å². The number of nitrogens with two attached hydrogens (primary N) is 1. The maximum absolute atomic E-state index is 12.6. The Kier molecular flexibility index (Phi) is 5.24. The second-order valence-electron chi connectivity index (χ2n) is 5.48. The van der Waals surface area contributed by atoms with Gasteiger partial charge in [-0.25, -0.2) is 24.0 Å². The number of nitrogens with one attached hydrogen (secondary N) is 2. The van der Waals surface area contributed by atoms with Gasteiger partial charge in [0.05, 0.1) is 0 Å². The first-order valence-corrected chi connectivity index (χ1v) is 9.31. The first-order chi connectivity index (χ1) is 9.89. The number of rotatable bonds is 5. The predicted molar refractivity (Wildman–Crippen MR) is 86.0 cm³/mol. The molecule has 1 aliphatic rings. The molecular weight excluding hydrogens is 356 g/mol. The Balaban J connectivity index is 2.25. The molecule has 0 bridgehead atoms. The van der Waals surface area contributed by atoms with E-state index in [9.17, 15) is 8.42 Å². The van der Waals surface area contributed by atoms with Gasteiger partial charge in [0.1, 0.15) is 4.90 Å². The quantitative estimate of drug-likeness (QED) is 0.540. The molecule has 1 fully saturated rings.